The monoisotopic (exact) mass is 293 g/mol. The Morgan fingerprint density at radius 3 is 2.71 bits per heavy atom. The third-order valence-corrected chi connectivity index (χ3v) is 4.47. The van der Waals surface area contributed by atoms with Gasteiger partial charge in [0.1, 0.15) is 5.76 Å². The van der Waals surface area contributed by atoms with Gasteiger partial charge in [-0.15, -0.1) is 0 Å². The standard InChI is InChI=1S/C16H27N3O2/c1-12(15-5-4-10-21-15)18-16(20)11-19(3)14-8-6-13(17-2)7-9-14/h4-5,10,12-14,17H,6-9,11H2,1-3H3,(H,18,20). The Morgan fingerprint density at radius 2 is 2.14 bits per heavy atom. The van der Waals surface area contributed by atoms with Crippen LogP contribution in [-0.4, -0.2) is 43.5 Å². The highest BCUT2D eigenvalue weighted by molar-refractivity contribution is 5.78. The van der Waals surface area contributed by atoms with Gasteiger partial charge in [0.15, 0.2) is 0 Å². The number of hydrogen-bond donors (Lipinski definition) is 2. The molecule has 2 rings (SSSR count). The minimum absolute atomic E-state index is 0.0529. The molecule has 5 heteroatoms. The number of furan rings is 1. The van der Waals surface area contributed by atoms with E-state index in [4.69, 9.17) is 4.42 Å². The Morgan fingerprint density at radius 1 is 1.43 bits per heavy atom. The number of carbonyl (C=O) groups is 1. The second-order valence-electron chi connectivity index (χ2n) is 6.01. The van der Waals surface area contributed by atoms with Crippen LogP contribution in [0.4, 0.5) is 0 Å². The number of hydrogen-bond acceptors (Lipinski definition) is 4. The fourth-order valence-corrected chi connectivity index (χ4v) is 3.06. The fraction of sp³-hybridized carbons (Fsp3) is 0.688. The Labute approximate surface area is 127 Å². The zero-order chi connectivity index (χ0) is 15.2. The van der Waals surface area contributed by atoms with E-state index < -0.39 is 0 Å². The third kappa shape index (κ3) is 4.58. The molecule has 1 atom stereocenters. The molecule has 0 saturated heterocycles. The zero-order valence-corrected chi connectivity index (χ0v) is 13.3. The van der Waals surface area contributed by atoms with Gasteiger partial charge in [-0.1, -0.05) is 0 Å². The van der Waals surface area contributed by atoms with Crippen molar-refractivity contribution in [2.75, 3.05) is 20.6 Å². The van der Waals surface area contributed by atoms with Crippen LogP contribution in [0.5, 0.6) is 0 Å². The molecule has 0 bridgehead atoms. The minimum Gasteiger partial charge on any atom is -0.467 e. The summed E-state index contributed by atoms with van der Waals surface area (Å²) in [6, 6.07) is 4.79. The molecule has 0 radical (unpaired) electrons. The Kier molecular flexibility index (Phi) is 5.82. The van der Waals surface area contributed by atoms with E-state index in [-0.39, 0.29) is 11.9 Å². The first-order valence-electron chi connectivity index (χ1n) is 7.80. The molecule has 2 N–H and O–H groups in total. The highest BCUT2D eigenvalue weighted by atomic mass is 16.3. The lowest BCUT2D eigenvalue weighted by molar-refractivity contribution is -0.123. The molecule has 5 nitrogen and oxygen atoms in total. The fourth-order valence-electron chi connectivity index (χ4n) is 3.06. The average Bonchev–Trinajstić information content (AvgIpc) is 3.01. The molecule has 1 aliphatic carbocycles. The van der Waals surface area contributed by atoms with Crippen molar-refractivity contribution in [2.24, 2.45) is 0 Å². The number of rotatable bonds is 6. The van der Waals surface area contributed by atoms with Crippen molar-refractivity contribution >= 4 is 5.91 Å². The molecule has 1 aromatic heterocycles. The summed E-state index contributed by atoms with van der Waals surface area (Å²) >= 11 is 0. The van der Waals surface area contributed by atoms with Crippen LogP contribution in [-0.2, 0) is 4.79 Å². The molecule has 1 saturated carbocycles. The third-order valence-electron chi connectivity index (χ3n) is 4.47. The number of likely N-dealkylation sites (N-methyl/N-ethyl adjacent to an activating group) is 1. The van der Waals surface area contributed by atoms with E-state index in [1.54, 1.807) is 6.26 Å². The maximum Gasteiger partial charge on any atom is 0.234 e. The molecule has 0 spiro atoms. The van der Waals surface area contributed by atoms with Crippen molar-refractivity contribution in [1.82, 2.24) is 15.5 Å². The lowest BCUT2D eigenvalue weighted by Gasteiger charge is -2.34. The van der Waals surface area contributed by atoms with E-state index >= 15 is 0 Å². The molecule has 1 fully saturated rings. The van der Waals surface area contributed by atoms with E-state index in [0.717, 1.165) is 18.6 Å². The van der Waals surface area contributed by atoms with Crippen LogP contribution >= 0.6 is 0 Å². The molecule has 1 aliphatic rings. The number of nitrogens with zero attached hydrogens (tertiary/aromatic N) is 1. The van der Waals surface area contributed by atoms with Gasteiger partial charge in [-0.05, 0) is 58.8 Å². The molecule has 0 aliphatic heterocycles. The quantitative estimate of drug-likeness (QED) is 0.841. The van der Waals surface area contributed by atoms with Gasteiger partial charge in [-0.25, -0.2) is 0 Å². The summed E-state index contributed by atoms with van der Waals surface area (Å²) < 4.78 is 5.31. The molecule has 0 aromatic carbocycles. The highest BCUT2D eigenvalue weighted by Gasteiger charge is 2.24. The number of amides is 1. The SMILES string of the molecule is CNC1CCC(N(C)CC(=O)NC(C)c2ccco2)CC1. The molecular weight excluding hydrogens is 266 g/mol. The largest absolute Gasteiger partial charge is 0.467 e. The normalized spacial score (nSPS) is 24.0. The highest BCUT2D eigenvalue weighted by Crippen LogP contribution is 2.22. The minimum atomic E-state index is -0.0825. The van der Waals surface area contributed by atoms with Crippen LogP contribution < -0.4 is 10.6 Å². The summed E-state index contributed by atoms with van der Waals surface area (Å²) in [7, 11) is 4.07. The average molecular weight is 293 g/mol. The van der Waals surface area contributed by atoms with E-state index in [1.807, 2.05) is 33.2 Å². The van der Waals surface area contributed by atoms with Crippen molar-refractivity contribution in [3.63, 3.8) is 0 Å². The van der Waals surface area contributed by atoms with E-state index in [9.17, 15) is 4.79 Å². The van der Waals surface area contributed by atoms with Gasteiger partial charge in [0, 0.05) is 12.1 Å². The van der Waals surface area contributed by atoms with Gasteiger partial charge in [0.2, 0.25) is 5.91 Å². The molecule has 118 valence electrons. The molecule has 1 unspecified atom stereocenters. The molecule has 1 aromatic rings. The van der Waals surface area contributed by atoms with Crippen LogP contribution in [0.1, 0.15) is 44.4 Å². The number of nitrogens with one attached hydrogen (secondary N) is 2. The van der Waals surface area contributed by atoms with Crippen LogP contribution in [0.15, 0.2) is 22.8 Å². The van der Waals surface area contributed by atoms with Crippen molar-refractivity contribution in [3.05, 3.63) is 24.2 Å². The maximum absolute atomic E-state index is 12.1. The summed E-state index contributed by atoms with van der Waals surface area (Å²) in [4.78, 5) is 14.3. The van der Waals surface area contributed by atoms with Crippen LogP contribution in [0, 0.1) is 0 Å². The lowest BCUT2D eigenvalue weighted by Crippen LogP contribution is -2.44. The molecule has 1 heterocycles. The van der Waals surface area contributed by atoms with Crippen LogP contribution in [0.25, 0.3) is 0 Å². The Balaban J connectivity index is 1.74. The van der Waals surface area contributed by atoms with Gasteiger partial charge >= 0.3 is 0 Å². The van der Waals surface area contributed by atoms with E-state index in [2.05, 4.69) is 15.5 Å². The Hall–Kier alpha value is -1.33. The van der Waals surface area contributed by atoms with Crippen LogP contribution in [0.3, 0.4) is 0 Å². The predicted octanol–water partition coefficient (Wildman–Crippen LogP) is 1.92. The van der Waals surface area contributed by atoms with Crippen molar-refractivity contribution < 1.29 is 9.21 Å². The summed E-state index contributed by atoms with van der Waals surface area (Å²) in [6.07, 6.45) is 6.32. The first kappa shape index (κ1) is 16.0. The van der Waals surface area contributed by atoms with Gasteiger partial charge < -0.3 is 15.1 Å². The summed E-state index contributed by atoms with van der Waals surface area (Å²) in [5.41, 5.74) is 0. The van der Waals surface area contributed by atoms with E-state index in [1.165, 1.54) is 12.8 Å². The van der Waals surface area contributed by atoms with Gasteiger partial charge in [-0.3, -0.25) is 9.69 Å². The summed E-state index contributed by atoms with van der Waals surface area (Å²) in [5.74, 6) is 0.845. The Bertz CT molecular complexity index is 425. The van der Waals surface area contributed by atoms with Crippen LogP contribution in [0.2, 0.25) is 0 Å². The first-order chi connectivity index (χ1) is 10.1. The van der Waals surface area contributed by atoms with Gasteiger partial charge in [-0.2, -0.15) is 0 Å². The zero-order valence-electron chi connectivity index (χ0n) is 13.3. The summed E-state index contributed by atoms with van der Waals surface area (Å²) in [6.45, 7) is 2.38. The maximum atomic E-state index is 12.1. The predicted molar refractivity (Wildman–Crippen MR) is 83.0 cm³/mol. The van der Waals surface area contributed by atoms with E-state index in [0.29, 0.717) is 18.6 Å². The summed E-state index contributed by atoms with van der Waals surface area (Å²) in [5, 5.41) is 6.32. The second kappa shape index (κ2) is 7.61. The molecule has 1 amide bonds. The topological polar surface area (TPSA) is 57.5 Å². The molecule has 21 heavy (non-hydrogen) atoms. The number of carbonyl (C=O) groups excluding carboxylic acids is 1. The van der Waals surface area contributed by atoms with Crippen molar-refractivity contribution in [3.8, 4) is 0 Å². The first-order valence-corrected chi connectivity index (χ1v) is 7.80. The lowest BCUT2D eigenvalue weighted by atomic mass is 9.90. The van der Waals surface area contributed by atoms with Gasteiger partial charge in [0.05, 0.1) is 18.8 Å². The van der Waals surface area contributed by atoms with Gasteiger partial charge in [0.25, 0.3) is 0 Å². The second-order valence-corrected chi connectivity index (χ2v) is 6.01. The van der Waals surface area contributed by atoms with Crippen molar-refractivity contribution in [2.45, 2.75) is 50.7 Å². The molecular formula is C16H27N3O2. The van der Waals surface area contributed by atoms with Crippen molar-refractivity contribution in [1.29, 1.82) is 0 Å². The smallest absolute Gasteiger partial charge is 0.234 e.